The third kappa shape index (κ3) is 4.75. The van der Waals surface area contributed by atoms with Crippen LogP contribution in [0.5, 0.6) is 0 Å². The van der Waals surface area contributed by atoms with Gasteiger partial charge in [0.05, 0.1) is 5.56 Å². The minimum Gasteiger partial charge on any atom is -0.516 e. The smallest absolute Gasteiger partial charge is 0.325 e. The van der Waals surface area contributed by atoms with Crippen LogP contribution in [0.3, 0.4) is 0 Å². The molecule has 0 heterocycles. The first-order valence-corrected chi connectivity index (χ1v) is 9.53. The summed E-state index contributed by atoms with van der Waals surface area (Å²) in [4.78, 5) is 23.7. The second kappa shape index (κ2) is 5.51. The Hall–Kier alpha value is -1.07. The summed E-state index contributed by atoms with van der Waals surface area (Å²) in [7, 11) is -1.91. The second-order valence-corrected chi connectivity index (χ2v) is 10.2. The lowest BCUT2D eigenvalue weighted by Gasteiger charge is -2.18. The van der Waals surface area contributed by atoms with E-state index in [1.54, 1.807) is 24.3 Å². The van der Waals surface area contributed by atoms with Crippen LogP contribution in [0.4, 0.5) is 0 Å². The molecule has 0 fully saturated rings. The topological polar surface area (TPSA) is 43.4 Å². The van der Waals surface area contributed by atoms with Crippen LogP contribution >= 0.6 is 11.8 Å². The maximum Gasteiger partial charge on any atom is 0.325 e. The average molecular weight is 268 g/mol. The Kier molecular flexibility index (Phi) is 4.53. The van der Waals surface area contributed by atoms with Gasteiger partial charge in [0.25, 0.3) is 0 Å². The fourth-order valence-electron chi connectivity index (χ4n) is 1.21. The number of carbonyl (C=O) groups is 2. The highest BCUT2D eigenvalue weighted by atomic mass is 32.2. The van der Waals surface area contributed by atoms with Gasteiger partial charge in [-0.1, -0.05) is 23.9 Å². The first kappa shape index (κ1) is 14.0. The quantitative estimate of drug-likeness (QED) is 0.623. The molecule has 0 amide bonds. The highest BCUT2D eigenvalue weighted by Gasteiger charge is 2.22. The van der Waals surface area contributed by atoms with E-state index in [9.17, 15) is 9.59 Å². The molecular formula is C12H16O3SSi. The van der Waals surface area contributed by atoms with Crippen LogP contribution < -0.4 is 0 Å². The van der Waals surface area contributed by atoms with E-state index in [1.807, 2.05) is 19.6 Å². The van der Waals surface area contributed by atoms with E-state index in [1.165, 1.54) is 6.92 Å². The lowest BCUT2D eigenvalue weighted by molar-refractivity contribution is -0.109. The zero-order valence-electron chi connectivity index (χ0n) is 10.4. The highest BCUT2D eigenvalue weighted by Crippen LogP contribution is 2.24. The third-order valence-electron chi connectivity index (χ3n) is 1.76. The van der Waals surface area contributed by atoms with Gasteiger partial charge in [0, 0.05) is 11.8 Å². The first-order valence-electron chi connectivity index (χ1n) is 5.30. The predicted molar refractivity (Wildman–Crippen MR) is 71.7 cm³/mol. The van der Waals surface area contributed by atoms with Crippen molar-refractivity contribution in [2.24, 2.45) is 0 Å². The molecule has 1 aromatic rings. The zero-order valence-corrected chi connectivity index (χ0v) is 12.3. The predicted octanol–water partition coefficient (Wildman–Crippen LogP) is 3.32. The zero-order chi connectivity index (χ0) is 13.1. The molecule has 0 aliphatic carbocycles. The Morgan fingerprint density at radius 1 is 1.18 bits per heavy atom. The van der Waals surface area contributed by atoms with E-state index in [0.29, 0.717) is 10.5 Å². The third-order valence-corrected chi connectivity index (χ3v) is 3.42. The summed E-state index contributed by atoms with van der Waals surface area (Å²) in [5.74, 6) is -0.339. The number of rotatable bonds is 3. The van der Waals surface area contributed by atoms with Crippen LogP contribution in [0.25, 0.3) is 0 Å². The van der Waals surface area contributed by atoms with E-state index in [2.05, 4.69) is 0 Å². The van der Waals surface area contributed by atoms with Gasteiger partial charge in [-0.05, 0) is 31.8 Å². The Morgan fingerprint density at radius 2 is 1.76 bits per heavy atom. The SMILES string of the molecule is CC(=O)Sc1ccccc1C(=O)O[Si](C)(C)C. The van der Waals surface area contributed by atoms with E-state index >= 15 is 0 Å². The van der Waals surface area contributed by atoms with Crippen molar-refractivity contribution in [3.05, 3.63) is 29.8 Å². The molecule has 0 bridgehead atoms. The van der Waals surface area contributed by atoms with E-state index in [0.717, 1.165) is 11.8 Å². The van der Waals surface area contributed by atoms with E-state index in [4.69, 9.17) is 4.43 Å². The maximum atomic E-state index is 12.0. The highest BCUT2D eigenvalue weighted by molar-refractivity contribution is 8.13. The molecule has 0 unspecified atom stereocenters. The summed E-state index contributed by atoms with van der Waals surface area (Å²) in [6, 6.07) is 7.02. The molecule has 0 saturated carbocycles. The van der Waals surface area contributed by atoms with Crippen molar-refractivity contribution in [3.8, 4) is 0 Å². The lowest BCUT2D eigenvalue weighted by Crippen LogP contribution is -2.29. The molecule has 1 rings (SSSR count). The molecule has 0 saturated heterocycles. The van der Waals surface area contributed by atoms with Gasteiger partial charge in [-0.2, -0.15) is 0 Å². The standard InChI is InChI=1S/C12H16O3SSi/c1-9(13)16-11-8-6-5-7-10(11)12(14)15-17(2,3)4/h5-8H,1-4H3. The molecule has 5 heteroatoms. The summed E-state index contributed by atoms with van der Waals surface area (Å²) in [6.45, 7) is 7.33. The van der Waals surface area contributed by atoms with Crippen molar-refractivity contribution >= 4 is 31.2 Å². The Morgan fingerprint density at radius 3 is 2.29 bits per heavy atom. The molecule has 0 aromatic heterocycles. The summed E-state index contributed by atoms with van der Waals surface area (Å²) < 4.78 is 5.42. The molecule has 1 aromatic carbocycles. The summed E-state index contributed by atoms with van der Waals surface area (Å²) in [6.07, 6.45) is 0. The monoisotopic (exact) mass is 268 g/mol. The average Bonchev–Trinajstić information content (AvgIpc) is 2.14. The van der Waals surface area contributed by atoms with Gasteiger partial charge in [0.15, 0.2) is 5.12 Å². The van der Waals surface area contributed by atoms with Crippen molar-refractivity contribution in [1.29, 1.82) is 0 Å². The normalized spacial score (nSPS) is 11.1. The molecule has 0 aliphatic heterocycles. The minimum atomic E-state index is -1.91. The molecule has 17 heavy (non-hydrogen) atoms. The lowest BCUT2D eigenvalue weighted by atomic mass is 10.2. The van der Waals surface area contributed by atoms with Gasteiger partial charge in [0.1, 0.15) is 0 Å². The molecule has 92 valence electrons. The van der Waals surface area contributed by atoms with Crippen LogP contribution in [0, 0.1) is 0 Å². The molecule has 0 atom stereocenters. The Balaban J connectivity index is 2.97. The van der Waals surface area contributed by atoms with Crippen molar-refractivity contribution in [2.45, 2.75) is 31.5 Å². The van der Waals surface area contributed by atoms with Crippen LogP contribution in [0.1, 0.15) is 17.3 Å². The van der Waals surface area contributed by atoms with Crippen LogP contribution in [-0.4, -0.2) is 19.4 Å². The van der Waals surface area contributed by atoms with Crippen LogP contribution in [0.15, 0.2) is 29.2 Å². The summed E-state index contributed by atoms with van der Waals surface area (Å²) in [5, 5.41) is -0.0433. The Labute approximate surface area is 107 Å². The minimum absolute atomic E-state index is 0.0433. The molecule has 3 nitrogen and oxygen atoms in total. The van der Waals surface area contributed by atoms with E-state index in [-0.39, 0.29) is 11.1 Å². The van der Waals surface area contributed by atoms with Crippen molar-refractivity contribution in [2.75, 3.05) is 0 Å². The van der Waals surface area contributed by atoms with Gasteiger partial charge >= 0.3 is 5.97 Å². The van der Waals surface area contributed by atoms with Crippen LogP contribution in [-0.2, 0) is 9.22 Å². The van der Waals surface area contributed by atoms with Gasteiger partial charge in [-0.3, -0.25) is 4.79 Å². The number of hydrogen-bond acceptors (Lipinski definition) is 4. The molecule has 0 radical (unpaired) electrons. The number of benzene rings is 1. The van der Waals surface area contributed by atoms with Gasteiger partial charge < -0.3 is 4.43 Å². The molecular weight excluding hydrogens is 252 g/mol. The van der Waals surface area contributed by atoms with Gasteiger partial charge in [-0.15, -0.1) is 0 Å². The summed E-state index contributed by atoms with van der Waals surface area (Å²) in [5.41, 5.74) is 0.468. The molecule has 0 spiro atoms. The van der Waals surface area contributed by atoms with Crippen molar-refractivity contribution in [1.82, 2.24) is 0 Å². The van der Waals surface area contributed by atoms with Gasteiger partial charge in [0.2, 0.25) is 8.32 Å². The van der Waals surface area contributed by atoms with Crippen molar-refractivity contribution in [3.63, 3.8) is 0 Å². The fourth-order valence-corrected chi connectivity index (χ4v) is 2.60. The molecule has 0 aliphatic rings. The second-order valence-electron chi connectivity index (χ2n) is 4.59. The van der Waals surface area contributed by atoms with Gasteiger partial charge in [-0.25, -0.2) is 4.79 Å². The fraction of sp³-hybridized carbons (Fsp3) is 0.333. The van der Waals surface area contributed by atoms with Crippen molar-refractivity contribution < 1.29 is 14.0 Å². The Bertz CT molecular complexity index is 438. The number of carbonyl (C=O) groups excluding carboxylic acids is 2. The largest absolute Gasteiger partial charge is 0.516 e. The maximum absolute atomic E-state index is 12.0. The first-order chi connectivity index (χ1) is 7.79. The summed E-state index contributed by atoms with van der Waals surface area (Å²) >= 11 is 1.06. The number of thioether (sulfide) groups is 1. The van der Waals surface area contributed by atoms with E-state index < -0.39 is 8.32 Å². The molecule has 0 N–H and O–H groups in total. The number of hydrogen-bond donors (Lipinski definition) is 0. The van der Waals surface area contributed by atoms with Crippen LogP contribution in [0.2, 0.25) is 19.6 Å².